The number of halogens is 2. The minimum atomic E-state index is -0.644. The van der Waals surface area contributed by atoms with Crippen molar-refractivity contribution in [2.45, 2.75) is 25.2 Å². The zero-order valence-corrected chi connectivity index (χ0v) is 12.4. The van der Waals surface area contributed by atoms with Gasteiger partial charge in [0.1, 0.15) is 11.9 Å². The zero-order valence-electron chi connectivity index (χ0n) is 9.45. The second-order valence-electron chi connectivity index (χ2n) is 3.97. The van der Waals surface area contributed by atoms with E-state index in [4.69, 9.17) is 21.1 Å². The van der Waals surface area contributed by atoms with Crippen molar-refractivity contribution in [2.75, 3.05) is 11.0 Å². The summed E-state index contributed by atoms with van der Waals surface area (Å²) in [5.74, 6) is 0.104. The fraction of sp³-hybridized carbons (Fsp3) is 0.500. The molecule has 17 heavy (non-hydrogen) atoms. The van der Waals surface area contributed by atoms with E-state index in [0.29, 0.717) is 9.45 Å². The van der Waals surface area contributed by atoms with Crippen molar-refractivity contribution >= 4 is 34.2 Å². The van der Waals surface area contributed by atoms with Gasteiger partial charge in [0.15, 0.2) is 0 Å². The SMILES string of the molecule is CCC1(CI)Oc2ccc(Cl)cc2C(CO)O1. The van der Waals surface area contributed by atoms with Crippen molar-refractivity contribution in [3.05, 3.63) is 28.8 Å². The third kappa shape index (κ3) is 2.54. The predicted molar refractivity (Wildman–Crippen MR) is 74.9 cm³/mol. The molecular weight excluding hydrogens is 354 g/mol. The van der Waals surface area contributed by atoms with Crippen molar-refractivity contribution in [2.24, 2.45) is 0 Å². The van der Waals surface area contributed by atoms with Crippen LogP contribution in [-0.2, 0) is 4.74 Å². The second-order valence-corrected chi connectivity index (χ2v) is 5.17. The molecule has 0 radical (unpaired) electrons. The molecule has 0 saturated heterocycles. The van der Waals surface area contributed by atoms with Gasteiger partial charge >= 0.3 is 0 Å². The summed E-state index contributed by atoms with van der Waals surface area (Å²) in [6.45, 7) is 1.93. The van der Waals surface area contributed by atoms with Gasteiger partial charge in [-0.15, -0.1) is 0 Å². The number of alkyl halides is 1. The first-order valence-corrected chi connectivity index (χ1v) is 7.37. The standard InChI is InChI=1S/C12H14ClIO3/c1-2-12(7-14)16-10-4-3-8(13)5-9(10)11(6-15)17-12/h3-5,11,15H,2,6-7H2,1H3. The van der Waals surface area contributed by atoms with Gasteiger partial charge in [-0.1, -0.05) is 41.1 Å². The lowest BCUT2D eigenvalue weighted by atomic mass is 10.1. The van der Waals surface area contributed by atoms with Crippen LogP contribution in [0.15, 0.2) is 18.2 Å². The highest BCUT2D eigenvalue weighted by Gasteiger charge is 2.39. The minimum Gasteiger partial charge on any atom is -0.461 e. The normalized spacial score (nSPS) is 27.4. The van der Waals surface area contributed by atoms with Gasteiger partial charge in [-0.3, -0.25) is 0 Å². The number of aliphatic hydroxyl groups is 1. The Hall–Kier alpha value is -0.0400. The Morgan fingerprint density at radius 3 is 2.88 bits per heavy atom. The summed E-state index contributed by atoms with van der Waals surface area (Å²) < 4.78 is 12.5. The van der Waals surface area contributed by atoms with Crippen LogP contribution in [0.1, 0.15) is 25.0 Å². The Morgan fingerprint density at radius 1 is 1.53 bits per heavy atom. The largest absolute Gasteiger partial charge is 0.461 e. The lowest BCUT2D eigenvalue weighted by Gasteiger charge is -2.40. The topological polar surface area (TPSA) is 38.7 Å². The number of aliphatic hydroxyl groups excluding tert-OH is 1. The summed E-state index contributed by atoms with van der Waals surface area (Å²) >= 11 is 8.18. The maximum atomic E-state index is 9.43. The molecular formula is C12H14ClIO3. The summed E-state index contributed by atoms with van der Waals surface area (Å²) in [6.07, 6.45) is 0.362. The number of hydrogen-bond acceptors (Lipinski definition) is 3. The smallest absolute Gasteiger partial charge is 0.219 e. The van der Waals surface area contributed by atoms with Gasteiger partial charge in [0.05, 0.1) is 11.0 Å². The van der Waals surface area contributed by atoms with Gasteiger partial charge in [-0.2, -0.15) is 0 Å². The van der Waals surface area contributed by atoms with Crippen LogP contribution in [0.25, 0.3) is 0 Å². The molecule has 0 amide bonds. The summed E-state index contributed by atoms with van der Waals surface area (Å²) in [5, 5.41) is 10.0. The quantitative estimate of drug-likeness (QED) is 0.657. The van der Waals surface area contributed by atoms with E-state index in [-0.39, 0.29) is 12.7 Å². The first-order valence-electron chi connectivity index (χ1n) is 5.47. The fourth-order valence-electron chi connectivity index (χ4n) is 1.86. The average molecular weight is 369 g/mol. The molecule has 0 bridgehead atoms. The molecule has 2 rings (SSSR count). The van der Waals surface area contributed by atoms with Crippen LogP contribution in [0.3, 0.4) is 0 Å². The number of fused-ring (bicyclic) bond motifs is 1. The first kappa shape index (κ1) is 13.4. The molecule has 5 heteroatoms. The van der Waals surface area contributed by atoms with Crippen LogP contribution in [0.5, 0.6) is 5.75 Å². The molecule has 0 fully saturated rings. The van der Waals surface area contributed by atoms with Gasteiger partial charge in [0.2, 0.25) is 5.79 Å². The lowest BCUT2D eigenvalue weighted by Crippen LogP contribution is -2.45. The van der Waals surface area contributed by atoms with Gasteiger partial charge in [0.25, 0.3) is 0 Å². The van der Waals surface area contributed by atoms with E-state index in [1.54, 1.807) is 12.1 Å². The molecule has 0 aliphatic carbocycles. The Morgan fingerprint density at radius 2 is 2.29 bits per heavy atom. The third-order valence-electron chi connectivity index (χ3n) is 2.88. The number of ether oxygens (including phenoxy) is 2. The van der Waals surface area contributed by atoms with Crippen molar-refractivity contribution in [1.82, 2.24) is 0 Å². The maximum Gasteiger partial charge on any atom is 0.219 e. The zero-order chi connectivity index (χ0) is 12.5. The monoisotopic (exact) mass is 368 g/mol. The molecule has 2 unspecified atom stereocenters. The molecule has 2 atom stereocenters. The molecule has 1 aromatic carbocycles. The van der Waals surface area contributed by atoms with Gasteiger partial charge in [0, 0.05) is 17.0 Å². The van der Waals surface area contributed by atoms with Crippen molar-refractivity contribution in [3.63, 3.8) is 0 Å². The van der Waals surface area contributed by atoms with Crippen molar-refractivity contribution in [3.8, 4) is 5.75 Å². The molecule has 1 aliphatic rings. The maximum absolute atomic E-state index is 9.43. The van der Waals surface area contributed by atoms with E-state index in [9.17, 15) is 5.11 Å². The van der Waals surface area contributed by atoms with Crippen molar-refractivity contribution in [1.29, 1.82) is 0 Å². The summed E-state index contributed by atoms with van der Waals surface area (Å²) in [4.78, 5) is 0. The Labute approximate surface area is 119 Å². The number of hydrogen-bond donors (Lipinski definition) is 1. The third-order valence-corrected chi connectivity index (χ3v) is 4.28. The first-order chi connectivity index (χ1) is 8.14. The van der Waals surface area contributed by atoms with Crippen LogP contribution in [0.4, 0.5) is 0 Å². The molecule has 94 valence electrons. The summed E-state index contributed by atoms with van der Waals surface area (Å²) in [5.41, 5.74) is 0.814. The summed E-state index contributed by atoms with van der Waals surface area (Å²) in [7, 11) is 0. The van der Waals surface area contributed by atoms with E-state index >= 15 is 0 Å². The van der Waals surface area contributed by atoms with Crippen LogP contribution in [-0.4, -0.2) is 21.9 Å². The van der Waals surface area contributed by atoms with Crippen molar-refractivity contribution < 1.29 is 14.6 Å². The van der Waals surface area contributed by atoms with Crippen LogP contribution < -0.4 is 4.74 Å². The predicted octanol–water partition coefficient (Wildman–Crippen LogP) is 3.32. The fourth-order valence-corrected chi connectivity index (χ4v) is 2.91. The van der Waals surface area contributed by atoms with Gasteiger partial charge in [-0.05, 0) is 18.2 Å². The van der Waals surface area contributed by atoms with E-state index in [2.05, 4.69) is 22.6 Å². The van der Waals surface area contributed by atoms with E-state index in [1.807, 2.05) is 13.0 Å². The Balaban J connectivity index is 2.42. The Bertz CT molecular complexity index is 407. The molecule has 0 aromatic heterocycles. The highest BCUT2D eigenvalue weighted by Crippen LogP contribution is 2.41. The molecule has 3 nitrogen and oxygen atoms in total. The van der Waals surface area contributed by atoms with Crippen LogP contribution >= 0.6 is 34.2 Å². The molecule has 1 aromatic rings. The van der Waals surface area contributed by atoms with Crippen LogP contribution in [0, 0.1) is 0 Å². The summed E-state index contributed by atoms with van der Waals surface area (Å²) in [6, 6.07) is 5.40. The van der Waals surface area contributed by atoms with E-state index in [0.717, 1.165) is 17.7 Å². The van der Waals surface area contributed by atoms with Crippen LogP contribution in [0.2, 0.25) is 5.02 Å². The molecule has 0 saturated carbocycles. The Kier molecular flexibility index (Phi) is 4.18. The number of rotatable bonds is 3. The lowest BCUT2D eigenvalue weighted by molar-refractivity contribution is -0.222. The highest BCUT2D eigenvalue weighted by atomic mass is 127. The molecule has 0 spiro atoms. The molecule has 1 aliphatic heterocycles. The van der Waals surface area contributed by atoms with E-state index in [1.165, 1.54) is 0 Å². The minimum absolute atomic E-state index is 0.0743. The second kappa shape index (κ2) is 5.30. The van der Waals surface area contributed by atoms with Gasteiger partial charge in [-0.25, -0.2) is 0 Å². The molecule has 1 N–H and O–H groups in total. The average Bonchev–Trinajstić information content (AvgIpc) is 2.37. The molecule has 1 heterocycles. The number of benzene rings is 1. The highest BCUT2D eigenvalue weighted by molar-refractivity contribution is 14.1. The van der Waals surface area contributed by atoms with E-state index < -0.39 is 5.79 Å². The van der Waals surface area contributed by atoms with Gasteiger partial charge < -0.3 is 14.6 Å².